The molecule has 0 amide bonds. The third kappa shape index (κ3) is 4.30. The van der Waals surface area contributed by atoms with E-state index in [2.05, 4.69) is 48.4 Å². The molecule has 0 atom stereocenters. The summed E-state index contributed by atoms with van der Waals surface area (Å²) < 4.78 is 16.4. The van der Waals surface area contributed by atoms with Crippen LogP contribution in [0.25, 0.3) is 6.08 Å². The van der Waals surface area contributed by atoms with Crippen molar-refractivity contribution in [2.45, 2.75) is 6.54 Å². The van der Waals surface area contributed by atoms with Crippen LogP contribution < -0.4 is 14.2 Å². The lowest BCUT2D eigenvalue weighted by atomic mass is 10.1. The Labute approximate surface area is 143 Å². The van der Waals surface area contributed by atoms with Crippen molar-refractivity contribution in [3.8, 4) is 17.2 Å². The van der Waals surface area contributed by atoms with Crippen LogP contribution in [0.5, 0.6) is 17.2 Å². The number of rotatable bonds is 6. The van der Waals surface area contributed by atoms with Crippen LogP contribution in [0.3, 0.4) is 0 Å². The van der Waals surface area contributed by atoms with E-state index >= 15 is 0 Å². The van der Waals surface area contributed by atoms with E-state index in [1.807, 2.05) is 18.2 Å². The highest BCUT2D eigenvalue weighted by molar-refractivity contribution is 5.50. The van der Waals surface area contributed by atoms with Crippen molar-refractivity contribution in [3.05, 3.63) is 59.7 Å². The number of ether oxygens (including phenoxy) is 3. The third-order valence-electron chi connectivity index (χ3n) is 3.90. The molecule has 0 aromatic heterocycles. The van der Waals surface area contributed by atoms with Gasteiger partial charge in [-0.15, -0.1) is 0 Å². The first kappa shape index (κ1) is 16.4. The Hall–Kier alpha value is -2.46. The second kappa shape index (κ2) is 7.88. The number of hydrogen-bond acceptors (Lipinski definition) is 4. The molecule has 1 heterocycles. The molecule has 0 saturated heterocycles. The van der Waals surface area contributed by atoms with Crippen molar-refractivity contribution in [1.29, 1.82) is 0 Å². The molecule has 0 saturated carbocycles. The average molecular weight is 325 g/mol. The maximum absolute atomic E-state index is 5.64. The van der Waals surface area contributed by atoms with Crippen LogP contribution in [0.4, 0.5) is 0 Å². The Kier molecular flexibility index (Phi) is 5.39. The molecular formula is C20H23NO3. The van der Waals surface area contributed by atoms with E-state index in [-0.39, 0.29) is 0 Å². The molecular weight excluding hydrogens is 302 g/mol. The summed E-state index contributed by atoms with van der Waals surface area (Å²) in [4.78, 5) is 2.26. The minimum absolute atomic E-state index is 0.622. The first-order chi connectivity index (χ1) is 11.7. The van der Waals surface area contributed by atoms with Gasteiger partial charge in [0.05, 0.1) is 7.11 Å². The van der Waals surface area contributed by atoms with E-state index < -0.39 is 0 Å². The van der Waals surface area contributed by atoms with Crippen molar-refractivity contribution in [2.24, 2.45) is 0 Å². The summed E-state index contributed by atoms with van der Waals surface area (Å²) in [5.41, 5.74) is 2.39. The van der Waals surface area contributed by atoms with Gasteiger partial charge in [-0.05, 0) is 42.4 Å². The lowest BCUT2D eigenvalue weighted by Crippen LogP contribution is -2.19. The zero-order valence-corrected chi connectivity index (χ0v) is 14.2. The zero-order chi connectivity index (χ0) is 16.8. The second-order valence-electron chi connectivity index (χ2n) is 5.85. The Morgan fingerprint density at radius 1 is 1.04 bits per heavy atom. The quantitative estimate of drug-likeness (QED) is 0.812. The van der Waals surface area contributed by atoms with Gasteiger partial charge in [-0.2, -0.15) is 0 Å². The molecule has 2 aromatic rings. The van der Waals surface area contributed by atoms with Gasteiger partial charge in [-0.25, -0.2) is 0 Å². The van der Waals surface area contributed by atoms with Crippen LogP contribution >= 0.6 is 0 Å². The number of benzene rings is 2. The predicted molar refractivity (Wildman–Crippen MR) is 95.8 cm³/mol. The van der Waals surface area contributed by atoms with Crippen LogP contribution in [0, 0.1) is 0 Å². The maximum Gasteiger partial charge on any atom is 0.161 e. The van der Waals surface area contributed by atoms with Gasteiger partial charge in [0.2, 0.25) is 0 Å². The number of hydrogen-bond donors (Lipinski definition) is 0. The van der Waals surface area contributed by atoms with E-state index in [1.165, 1.54) is 11.1 Å². The molecule has 0 unspecified atom stereocenters. The van der Waals surface area contributed by atoms with Gasteiger partial charge in [-0.3, -0.25) is 4.90 Å². The summed E-state index contributed by atoms with van der Waals surface area (Å²) in [5.74, 6) is 2.57. The van der Waals surface area contributed by atoms with Crippen LogP contribution in [-0.2, 0) is 6.54 Å². The average Bonchev–Trinajstić information content (AvgIpc) is 2.62. The van der Waals surface area contributed by atoms with Crippen LogP contribution in [0.2, 0.25) is 0 Å². The molecule has 0 aliphatic carbocycles. The Morgan fingerprint density at radius 2 is 1.79 bits per heavy atom. The SMILES string of the molecule is COc1ccc(/C=C/CN(C)Cc2ccc3c(c2)OCCO3)cc1. The molecule has 0 spiro atoms. The fourth-order valence-electron chi connectivity index (χ4n) is 2.65. The standard InChI is InChI=1S/C20H23NO3/c1-21(11-3-4-16-5-8-18(22-2)9-6-16)15-17-7-10-19-20(14-17)24-13-12-23-19/h3-10,14H,11-13,15H2,1-2H3/b4-3+. The van der Waals surface area contributed by atoms with Gasteiger partial charge in [0.15, 0.2) is 11.5 Å². The van der Waals surface area contributed by atoms with Crippen LogP contribution in [0.15, 0.2) is 48.5 Å². The number of fused-ring (bicyclic) bond motifs is 1. The van der Waals surface area contributed by atoms with E-state index in [9.17, 15) is 0 Å². The highest BCUT2D eigenvalue weighted by Gasteiger charge is 2.12. The minimum atomic E-state index is 0.622. The third-order valence-corrected chi connectivity index (χ3v) is 3.90. The summed E-state index contributed by atoms with van der Waals surface area (Å²) >= 11 is 0. The molecule has 1 aliphatic rings. The van der Waals surface area contributed by atoms with E-state index in [4.69, 9.17) is 14.2 Å². The normalized spacial score (nSPS) is 13.5. The summed E-state index contributed by atoms with van der Waals surface area (Å²) in [7, 11) is 3.78. The van der Waals surface area contributed by atoms with E-state index in [0.29, 0.717) is 13.2 Å². The minimum Gasteiger partial charge on any atom is -0.497 e. The lowest BCUT2D eigenvalue weighted by molar-refractivity contribution is 0.171. The smallest absolute Gasteiger partial charge is 0.161 e. The van der Waals surface area contributed by atoms with Gasteiger partial charge < -0.3 is 14.2 Å². The van der Waals surface area contributed by atoms with Crippen molar-refractivity contribution in [2.75, 3.05) is 33.9 Å². The predicted octanol–water partition coefficient (Wildman–Crippen LogP) is 3.61. The summed E-state index contributed by atoms with van der Waals surface area (Å²) in [6.45, 7) is 2.99. The fraction of sp³-hybridized carbons (Fsp3) is 0.300. The molecule has 4 heteroatoms. The largest absolute Gasteiger partial charge is 0.497 e. The Bertz CT molecular complexity index is 695. The Morgan fingerprint density at radius 3 is 2.54 bits per heavy atom. The van der Waals surface area contributed by atoms with Gasteiger partial charge in [0.1, 0.15) is 19.0 Å². The molecule has 3 rings (SSSR count). The second-order valence-corrected chi connectivity index (χ2v) is 5.85. The van der Waals surface area contributed by atoms with Gasteiger partial charge in [-0.1, -0.05) is 30.4 Å². The van der Waals surface area contributed by atoms with Gasteiger partial charge in [0, 0.05) is 13.1 Å². The topological polar surface area (TPSA) is 30.9 Å². The Balaban J connectivity index is 1.53. The van der Waals surface area contributed by atoms with Gasteiger partial charge >= 0.3 is 0 Å². The fourth-order valence-corrected chi connectivity index (χ4v) is 2.65. The van der Waals surface area contributed by atoms with E-state index in [1.54, 1.807) is 7.11 Å². The van der Waals surface area contributed by atoms with Crippen molar-refractivity contribution >= 4 is 6.08 Å². The molecule has 24 heavy (non-hydrogen) atoms. The van der Waals surface area contributed by atoms with Crippen molar-refractivity contribution < 1.29 is 14.2 Å². The van der Waals surface area contributed by atoms with Crippen molar-refractivity contribution in [3.63, 3.8) is 0 Å². The highest BCUT2D eigenvalue weighted by atomic mass is 16.6. The van der Waals surface area contributed by atoms with Crippen LogP contribution in [-0.4, -0.2) is 38.8 Å². The highest BCUT2D eigenvalue weighted by Crippen LogP contribution is 2.31. The summed E-state index contributed by atoms with van der Waals surface area (Å²) in [6, 6.07) is 14.2. The molecule has 1 aliphatic heterocycles. The first-order valence-corrected chi connectivity index (χ1v) is 8.12. The zero-order valence-electron chi connectivity index (χ0n) is 14.2. The first-order valence-electron chi connectivity index (χ1n) is 8.12. The van der Waals surface area contributed by atoms with E-state index in [0.717, 1.165) is 30.3 Å². The molecule has 126 valence electrons. The molecule has 4 nitrogen and oxygen atoms in total. The summed E-state index contributed by atoms with van der Waals surface area (Å²) in [6.07, 6.45) is 4.29. The maximum atomic E-state index is 5.64. The van der Waals surface area contributed by atoms with Crippen LogP contribution in [0.1, 0.15) is 11.1 Å². The molecule has 0 N–H and O–H groups in total. The lowest BCUT2D eigenvalue weighted by Gasteiger charge is -2.20. The number of methoxy groups -OCH3 is 1. The monoisotopic (exact) mass is 325 g/mol. The summed E-state index contributed by atoms with van der Waals surface area (Å²) in [5, 5.41) is 0. The number of nitrogens with zero attached hydrogens (tertiary/aromatic N) is 1. The van der Waals surface area contributed by atoms with Gasteiger partial charge in [0.25, 0.3) is 0 Å². The molecule has 0 radical (unpaired) electrons. The molecule has 0 bridgehead atoms. The molecule has 2 aromatic carbocycles. The van der Waals surface area contributed by atoms with Crippen molar-refractivity contribution in [1.82, 2.24) is 4.90 Å². The number of likely N-dealkylation sites (N-methyl/N-ethyl adjacent to an activating group) is 1. The molecule has 0 fully saturated rings.